The Morgan fingerprint density at radius 1 is 1.35 bits per heavy atom. The van der Waals surface area contributed by atoms with Crippen LogP contribution in [0, 0.1) is 5.82 Å². The van der Waals surface area contributed by atoms with Gasteiger partial charge in [0.2, 0.25) is 0 Å². The van der Waals surface area contributed by atoms with E-state index in [1.54, 1.807) is 17.4 Å². The zero-order valence-electron chi connectivity index (χ0n) is 12.0. The van der Waals surface area contributed by atoms with Crippen molar-refractivity contribution in [3.63, 3.8) is 0 Å². The Balaban J connectivity index is 2.20. The molecule has 2 rings (SSSR count). The van der Waals surface area contributed by atoms with Crippen LogP contribution in [-0.4, -0.2) is 13.1 Å². The second-order valence-electron chi connectivity index (χ2n) is 5.08. The lowest BCUT2D eigenvalue weighted by atomic mass is 10.0. The Morgan fingerprint density at radius 2 is 2.15 bits per heavy atom. The molecule has 1 unspecified atom stereocenters. The number of nitrogens with two attached hydrogens (primary N) is 1. The second-order valence-corrected chi connectivity index (χ2v) is 6.11. The van der Waals surface area contributed by atoms with Crippen molar-refractivity contribution in [2.75, 3.05) is 11.9 Å². The maximum atomic E-state index is 13.5. The third-order valence-electron chi connectivity index (χ3n) is 3.43. The van der Waals surface area contributed by atoms with E-state index in [0.717, 1.165) is 24.2 Å². The molecule has 0 fully saturated rings. The van der Waals surface area contributed by atoms with Crippen LogP contribution in [-0.2, 0) is 13.0 Å². The van der Waals surface area contributed by atoms with Crippen molar-refractivity contribution in [1.29, 1.82) is 0 Å². The van der Waals surface area contributed by atoms with Crippen molar-refractivity contribution in [3.05, 3.63) is 52.0 Å². The average molecular weight is 292 g/mol. The number of hydrogen-bond donors (Lipinski definition) is 1. The lowest BCUT2D eigenvalue weighted by Crippen LogP contribution is -2.24. The monoisotopic (exact) mass is 292 g/mol. The topological polar surface area (TPSA) is 29.3 Å². The molecular formula is C16H21FN2S. The summed E-state index contributed by atoms with van der Waals surface area (Å²) in [4.78, 5) is 3.45. The zero-order chi connectivity index (χ0) is 14.5. The summed E-state index contributed by atoms with van der Waals surface area (Å²) in [6.07, 6.45) is 1.60. The number of nitrogens with zero attached hydrogens (tertiary/aromatic N) is 1. The highest BCUT2D eigenvalue weighted by Gasteiger charge is 2.12. The molecule has 0 saturated carbocycles. The lowest BCUT2D eigenvalue weighted by molar-refractivity contribution is 0.613. The highest BCUT2D eigenvalue weighted by Crippen LogP contribution is 2.25. The Kier molecular flexibility index (Phi) is 5.15. The van der Waals surface area contributed by atoms with Crippen LogP contribution in [0.25, 0.3) is 0 Å². The molecule has 0 bridgehead atoms. The standard InChI is InChI=1S/C16H21FN2S/c1-3-14(18)10-12-9-13(17)6-7-16(12)19(2)11-15-5-4-8-20-15/h4-9,14H,3,10-11,18H2,1-2H3. The molecule has 108 valence electrons. The van der Waals surface area contributed by atoms with Crippen molar-refractivity contribution >= 4 is 17.0 Å². The van der Waals surface area contributed by atoms with Gasteiger partial charge in [-0.15, -0.1) is 11.3 Å². The fraction of sp³-hybridized carbons (Fsp3) is 0.375. The maximum absolute atomic E-state index is 13.5. The number of rotatable bonds is 6. The summed E-state index contributed by atoms with van der Waals surface area (Å²) in [6.45, 7) is 2.89. The summed E-state index contributed by atoms with van der Waals surface area (Å²) in [6, 6.07) is 9.21. The van der Waals surface area contributed by atoms with Gasteiger partial charge in [-0.05, 0) is 48.1 Å². The lowest BCUT2D eigenvalue weighted by Gasteiger charge is -2.23. The molecule has 2 nitrogen and oxygen atoms in total. The van der Waals surface area contributed by atoms with Crippen LogP contribution in [0.1, 0.15) is 23.8 Å². The van der Waals surface area contributed by atoms with E-state index in [9.17, 15) is 4.39 Å². The Labute approximate surface area is 124 Å². The molecule has 0 spiro atoms. The van der Waals surface area contributed by atoms with Gasteiger partial charge in [-0.2, -0.15) is 0 Å². The molecule has 2 N–H and O–H groups in total. The smallest absolute Gasteiger partial charge is 0.123 e. The predicted octanol–water partition coefficient (Wildman–Crippen LogP) is 3.80. The summed E-state index contributed by atoms with van der Waals surface area (Å²) in [5.41, 5.74) is 8.06. The normalized spacial score (nSPS) is 12.4. The molecule has 2 aromatic rings. The van der Waals surface area contributed by atoms with E-state index in [0.29, 0.717) is 6.42 Å². The average Bonchev–Trinajstić information content (AvgIpc) is 2.91. The Morgan fingerprint density at radius 3 is 2.80 bits per heavy atom. The molecule has 0 aliphatic rings. The highest BCUT2D eigenvalue weighted by atomic mass is 32.1. The van der Waals surface area contributed by atoms with E-state index >= 15 is 0 Å². The summed E-state index contributed by atoms with van der Waals surface area (Å²) in [7, 11) is 2.04. The van der Waals surface area contributed by atoms with Crippen LogP contribution in [0.2, 0.25) is 0 Å². The molecule has 4 heteroatoms. The minimum atomic E-state index is -0.198. The van der Waals surface area contributed by atoms with Gasteiger partial charge in [0.05, 0.1) is 6.54 Å². The molecule has 0 amide bonds. The molecule has 0 aliphatic carbocycles. The van der Waals surface area contributed by atoms with Crippen LogP contribution >= 0.6 is 11.3 Å². The van der Waals surface area contributed by atoms with Crippen LogP contribution in [0.3, 0.4) is 0 Å². The van der Waals surface area contributed by atoms with E-state index in [-0.39, 0.29) is 11.9 Å². The van der Waals surface area contributed by atoms with E-state index < -0.39 is 0 Å². The Bertz CT molecular complexity index is 539. The zero-order valence-corrected chi connectivity index (χ0v) is 12.8. The number of benzene rings is 1. The van der Waals surface area contributed by atoms with Crippen molar-refractivity contribution < 1.29 is 4.39 Å². The quantitative estimate of drug-likeness (QED) is 0.877. The molecule has 0 saturated heterocycles. The van der Waals surface area contributed by atoms with Gasteiger partial charge in [-0.3, -0.25) is 0 Å². The highest BCUT2D eigenvalue weighted by molar-refractivity contribution is 7.09. The summed E-state index contributed by atoms with van der Waals surface area (Å²) in [5, 5.41) is 2.07. The molecule has 1 aromatic heterocycles. The molecule has 1 atom stereocenters. The third kappa shape index (κ3) is 3.81. The van der Waals surface area contributed by atoms with Crippen molar-refractivity contribution in [1.82, 2.24) is 0 Å². The van der Waals surface area contributed by atoms with E-state index in [1.165, 1.54) is 10.9 Å². The van der Waals surface area contributed by atoms with Gasteiger partial charge in [0.15, 0.2) is 0 Å². The number of anilines is 1. The van der Waals surface area contributed by atoms with Crippen LogP contribution in [0.4, 0.5) is 10.1 Å². The molecular weight excluding hydrogens is 271 g/mol. The number of hydrogen-bond acceptors (Lipinski definition) is 3. The van der Waals surface area contributed by atoms with Gasteiger partial charge in [0.1, 0.15) is 5.82 Å². The molecule has 0 radical (unpaired) electrons. The van der Waals surface area contributed by atoms with Crippen LogP contribution in [0.5, 0.6) is 0 Å². The van der Waals surface area contributed by atoms with Gasteiger partial charge in [0.25, 0.3) is 0 Å². The fourth-order valence-corrected chi connectivity index (χ4v) is 3.00. The first-order chi connectivity index (χ1) is 9.60. The minimum Gasteiger partial charge on any atom is -0.369 e. The first-order valence-corrected chi connectivity index (χ1v) is 7.75. The summed E-state index contributed by atoms with van der Waals surface area (Å²) in [5.74, 6) is -0.198. The second kappa shape index (κ2) is 6.86. The first-order valence-electron chi connectivity index (χ1n) is 6.87. The molecule has 0 aliphatic heterocycles. The number of thiophene rings is 1. The first kappa shape index (κ1) is 15.0. The molecule has 1 aromatic carbocycles. The largest absolute Gasteiger partial charge is 0.369 e. The fourth-order valence-electron chi connectivity index (χ4n) is 2.24. The molecule has 20 heavy (non-hydrogen) atoms. The van der Waals surface area contributed by atoms with Crippen molar-refractivity contribution in [3.8, 4) is 0 Å². The van der Waals surface area contributed by atoms with Crippen molar-refractivity contribution in [2.24, 2.45) is 5.73 Å². The van der Waals surface area contributed by atoms with Gasteiger partial charge >= 0.3 is 0 Å². The van der Waals surface area contributed by atoms with E-state index in [2.05, 4.69) is 23.3 Å². The van der Waals surface area contributed by atoms with Gasteiger partial charge < -0.3 is 10.6 Å². The summed E-state index contributed by atoms with van der Waals surface area (Å²) < 4.78 is 13.5. The van der Waals surface area contributed by atoms with Gasteiger partial charge in [-0.25, -0.2) is 4.39 Å². The van der Waals surface area contributed by atoms with Gasteiger partial charge in [-0.1, -0.05) is 13.0 Å². The van der Waals surface area contributed by atoms with Gasteiger partial charge in [0, 0.05) is 23.7 Å². The van der Waals surface area contributed by atoms with Crippen molar-refractivity contribution in [2.45, 2.75) is 32.4 Å². The minimum absolute atomic E-state index is 0.0747. The Hall–Kier alpha value is -1.39. The number of halogens is 1. The third-order valence-corrected chi connectivity index (χ3v) is 4.29. The predicted molar refractivity (Wildman–Crippen MR) is 84.8 cm³/mol. The summed E-state index contributed by atoms with van der Waals surface area (Å²) >= 11 is 1.73. The van der Waals surface area contributed by atoms with Crippen LogP contribution < -0.4 is 10.6 Å². The molecule has 1 heterocycles. The van der Waals surface area contributed by atoms with E-state index in [1.807, 2.05) is 19.2 Å². The SMILES string of the molecule is CCC(N)Cc1cc(F)ccc1N(C)Cc1cccs1. The van der Waals surface area contributed by atoms with E-state index in [4.69, 9.17) is 5.73 Å². The van der Waals surface area contributed by atoms with Crippen LogP contribution in [0.15, 0.2) is 35.7 Å². The maximum Gasteiger partial charge on any atom is 0.123 e.